The average Bonchev–Trinajstić information content (AvgIpc) is 2.95. The Kier molecular flexibility index (Phi) is 3.96. The molecule has 1 aromatic heterocycles. The van der Waals surface area contributed by atoms with Gasteiger partial charge in [0.1, 0.15) is 6.61 Å². The number of esters is 1. The molecule has 0 aliphatic carbocycles. The van der Waals surface area contributed by atoms with Crippen molar-refractivity contribution in [2.75, 3.05) is 0 Å². The fraction of sp³-hybridized carbons (Fsp3) is 0.176. The van der Waals surface area contributed by atoms with Crippen LogP contribution in [0.3, 0.4) is 0 Å². The number of hydrogen-bond acceptors (Lipinski definition) is 3. The smallest absolute Gasteiger partial charge is 0.307 e. The molecule has 0 aliphatic heterocycles. The van der Waals surface area contributed by atoms with Crippen LogP contribution >= 0.6 is 0 Å². The highest BCUT2D eigenvalue weighted by Crippen LogP contribution is 2.12. The molecular weight excluding hydrogens is 264 g/mol. The first kappa shape index (κ1) is 13.4. The third-order valence-electron chi connectivity index (χ3n) is 3.33. The minimum atomic E-state index is -0.198. The Labute approximate surface area is 123 Å². The number of para-hydroxylation sites is 2. The number of aromatic nitrogens is 2. The number of ether oxygens (including phenoxy) is 1. The van der Waals surface area contributed by atoms with E-state index in [1.165, 1.54) is 0 Å². The lowest BCUT2D eigenvalue weighted by Crippen LogP contribution is -2.08. The van der Waals surface area contributed by atoms with E-state index >= 15 is 0 Å². The summed E-state index contributed by atoms with van der Waals surface area (Å²) in [6.45, 7) is 0.901. The normalized spacial score (nSPS) is 10.7. The highest BCUT2D eigenvalue weighted by atomic mass is 16.5. The van der Waals surface area contributed by atoms with Gasteiger partial charge in [-0.2, -0.15) is 0 Å². The summed E-state index contributed by atoms with van der Waals surface area (Å²) in [4.78, 5) is 16.1. The first-order valence-electron chi connectivity index (χ1n) is 6.92. The fourth-order valence-corrected chi connectivity index (χ4v) is 2.21. The van der Waals surface area contributed by atoms with Crippen molar-refractivity contribution in [2.45, 2.75) is 19.6 Å². The number of nitrogens with zero attached hydrogens (tertiary/aromatic N) is 2. The third kappa shape index (κ3) is 3.28. The van der Waals surface area contributed by atoms with Gasteiger partial charge in [-0.15, -0.1) is 0 Å². The van der Waals surface area contributed by atoms with Crippen LogP contribution < -0.4 is 0 Å². The van der Waals surface area contributed by atoms with Crippen LogP contribution in [0.4, 0.5) is 0 Å². The molecule has 0 unspecified atom stereocenters. The highest BCUT2D eigenvalue weighted by Gasteiger charge is 2.06. The molecule has 0 N–H and O–H groups in total. The largest absolute Gasteiger partial charge is 0.461 e. The molecule has 106 valence electrons. The molecule has 0 radical (unpaired) electrons. The van der Waals surface area contributed by atoms with E-state index in [2.05, 4.69) is 4.98 Å². The third-order valence-corrected chi connectivity index (χ3v) is 3.33. The second-order valence-electron chi connectivity index (χ2n) is 4.82. The van der Waals surface area contributed by atoms with Gasteiger partial charge in [0, 0.05) is 6.54 Å². The Balaban J connectivity index is 1.54. The number of imidazole rings is 1. The van der Waals surface area contributed by atoms with E-state index in [-0.39, 0.29) is 5.97 Å². The second kappa shape index (κ2) is 6.22. The number of carbonyl (C=O) groups excluding carboxylic acids is 1. The van der Waals surface area contributed by atoms with E-state index in [9.17, 15) is 4.79 Å². The monoisotopic (exact) mass is 280 g/mol. The number of rotatable bonds is 5. The van der Waals surface area contributed by atoms with Crippen molar-refractivity contribution in [3.63, 3.8) is 0 Å². The zero-order valence-corrected chi connectivity index (χ0v) is 11.6. The van der Waals surface area contributed by atoms with E-state index < -0.39 is 0 Å². The predicted molar refractivity (Wildman–Crippen MR) is 80.6 cm³/mol. The summed E-state index contributed by atoms with van der Waals surface area (Å²) in [6.07, 6.45) is 2.10. The molecule has 0 spiro atoms. The molecule has 0 fully saturated rings. The van der Waals surface area contributed by atoms with Crippen molar-refractivity contribution in [3.05, 3.63) is 66.5 Å². The summed E-state index contributed by atoms with van der Waals surface area (Å²) in [6, 6.07) is 17.6. The van der Waals surface area contributed by atoms with Crippen LogP contribution in [-0.2, 0) is 22.7 Å². The van der Waals surface area contributed by atoms with Crippen molar-refractivity contribution in [1.82, 2.24) is 9.55 Å². The summed E-state index contributed by atoms with van der Waals surface area (Å²) in [5.74, 6) is -0.198. The van der Waals surface area contributed by atoms with Crippen LogP contribution in [0.15, 0.2) is 60.9 Å². The summed E-state index contributed by atoms with van der Waals surface area (Å²) in [5, 5.41) is 0. The van der Waals surface area contributed by atoms with E-state index in [4.69, 9.17) is 4.74 Å². The van der Waals surface area contributed by atoms with Gasteiger partial charge in [-0.3, -0.25) is 4.79 Å². The van der Waals surface area contributed by atoms with Crippen molar-refractivity contribution < 1.29 is 9.53 Å². The van der Waals surface area contributed by atoms with E-state index in [1.54, 1.807) is 6.33 Å². The van der Waals surface area contributed by atoms with Gasteiger partial charge >= 0.3 is 5.97 Å². The van der Waals surface area contributed by atoms with Crippen LogP contribution in [-0.4, -0.2) is 15.5 Å². The number of aryl methyl sites for hydroxylation is 1. The fourth-order valence-electron chi connectivity index (χ4n) is 2.21. The Morgan fingerprint density at radius 2 is 1.81 bits per heavy atom. The molecule has 4 nitrogen and oxygen atoms in total. The van der Waals surface area contributed by atoms with Crippen molar-refractivity contribution in [3.8, 4) is 0 Å². The van der Waals surface area contributed by atoms with Gasteiger partial charge in [0.15, 0.2) is 0 Å². The first-order chi connectivity index (χ1) is 10.3. The maximum absolute atomic E-state index is 11.8. The molecule has 0 saturated carbocycles. The summed E-state index contributed by atoms with van der Waals surface area (Å²) >= 11 is 0. The molecule has 0 atom stereocenters. The number of fused-ring (bicyclic) bond motifs is 1. The van der Waals surface area contributed by atoms with E-state index in [0.29, 0.717) is 19.6 Å². The van der Waals surface area contributed by atoms with Crippen LogP contribution in [0.2, 0.25) is 0 Å². The lowest BCUT2D eigenvalue weighted by atomic mass is 10.2. The molecule has 0 aliphatic rings. The Morgan fingerprint density at radius 3 is 2.67 bits per heavy atom. The minimum absolute atomic E-state index is 0.198. The topological polar surface area (TPSA) is 44.1 Å². The average molecular weight is 280 g/mol. The maximum Gasteiger partial charge on any atom is 0.307 e. The molecule has 0 saturated heterocycles. The molecule has 2 aromatic carbocycles. The SMILES string of the molecule is O=C(CCn1cnc2ccccc21)OCc1ccccc1. The van der Waals surface area contributed by atoms with Crippen LogP contribution in [0.5, 0.6) is 0 Å². The van der Waals surface area contributed by atoms with Gasteiger partial charge in [-0.05, 0) is 17.7 Å². The summed E-state index contributed by atoms with van der Waals surface area (Å²) in [5.41, 5.74) is 2.97. The lowest BCUT2D eigenvalue weighted by molar-refractivity contribution is -0.145. The van der Waals surface area contributed by atoms with Gasteiger partial charge in [-0.25, -0.2) is 4.98 Å². The zero-order valence-electron chi connectivity index (χ0n) is 11.6. The lowest BCUT2D eigenvalue weighted by Gasteiger charge is -2.06. The predicted octanol–water partition coefficient (Wildman–Crippen LogP) is 3.17. The summed E-state index contributed by atoms with van der Waals surface area (Å²) < 4.78 is 7.24. The highest BCUT2D eigenvalue weighted by molar-refractivity contribution is 5.75. The standard InChI is InChI=1S/C17H16N2O2/c20-17(21-12-14-6-2-1-3-7-14)10-11-19-13-18-15-8-4-5-9-16(15)19/h1-9,13H,10-12H2. The Morgan fingerprint density at radius 1 is 1.05 bits per heavy atom. The molecular formula is C17H16N2O2. The molecule has 4 heteroatoms. The molecule has 0 amide bonds. The second-order valence-corrected chi connectivity index (χ2v) is 4.82. The number of benzene rings is 2. The van der Waals surface area contributed by atoms with Gasteiger partial charge in [0.25, 0.3) is 0 Å². The molecule has 0 bridgehead atoms. The zero-order chi connectivity index (χ0) is 14.5. The molecule has 3 rings (SSSR count). The van der Waals surface area contributed by atoms with Gasteiger partial charge in [0.2, 0.25) is 0 Å². The number of hydrogen-bond donors (Lipinski definition) is 0. The molecule has 1 heterocycles. The van der Waals surface area contributed by atoms with Crippen molar-refractivity contribution in [1.29, 1.82) is 0 Å². The van der Waals surface area contributed by atoms with Crippen LogP contribution in [0.1, 0.15) is 12.0 Å². The quantitative estimate of drug-likeness (QED) is 0.674. The summed E-state index contributed by atoms with van der Waals surface area (Å²) in [7, 11) is 0. The van der Waals surface area contributed by atoms with Crippen LogP contribution in [0, 0.1) is 0 Å². The van der Waals surface area contributed by atoms with Gasteiger partial charge < -0.3 is 9.30 Å². The van der Waals surface area contributed by atoms with Crippen molar-refractivity contribution in [2.24, 2.45) is 0 Å². The molecule has 21 heavy (non-hydrogen) atoms. The van der Waals surface area contributed by atoms with E-state index in [0.717, 1.165) is 16.6 Å². The maximum atomic E-state index is 11.8. The number of carbonyl (C=O) groups is 1. The first-order valence-corrected chi connectivity index (χ1v) is 6.92. The van der Waals surface area contributed by atoms with Gasteiger partial charge in [0.05, 0.1) is 23.8 Å². The Bertz CT molecular complexity index is 735. The minimum Gasteiger partial charge on any atom is -0.461 e. The van der Waals surface area contributed by atoms with E-state index in [1.807, 2.05) is 59.2 Å². The molecule has 3 aromatic rings. The Hall–Kier alpha value is -2.62. The van der Waals surface area contributed by atoms with Crippen LogP contribution in [0.25, 0.3) is 11.0 Å². The van der Waals surface area contributed by atoms with Crippen molar-refractivity contribution >= 4 is 17.0 Å². The van der Waals surface area contributed by atoms with Gasteiger partial charge in [-0.1, -0.05) is 42.5 Å².